The van der Waals surface area contributed by atoms with E-state index in [-0.39, 0.29) is 5.91 Å². The molecule has 1 heterocycles. The highest BCUT2D eigenvalue weighted by atomic mass is 32.1. The van der Waals surface area contributed by atoms with E-state index in [2.05, 4.69) is 22.4 Å². The predicted octanol–water partition coefficient (Wildman–Crippen LogP) is 3.54. The molecule has 0 saturated heterocycles. The average molecular weight is 317 g/mol. The van der Waals surface area contributed by atoms with Crippen molar-refractivity contribution in [1.82, 2.24) is 10.2 Å². The molecule has 1 N–H and O–H groups in total. The molecular formula is C16H19N3O2S. The fourth-order valence-corrected chi connectivity index (χ4v) is 2.58. The topological polar surface area (TPSA) is 64.1 Å². The number of unbranched alkanes of at least 4 members (excludes halogenated alkanes) is 1. The van der Waals surface area contributed by atoms with E-state index in [0.29, 0.717) is 5.13 Å². The number of aromatic nitrogens is 2. The summed E-state index contributed by atoms with van der Waals surface area (Å²) in [6.45, 7) is 2.13. The second kappa shape index (κ2) is 8.29. The van der Waals surface area contributed by atoms with Gasteiger partial charge < -0.3 is 4.74 Å². The molecule has 0 spiro atoms. The largest absolute Gasteiger partial charge is 0.497 e. The molecule has 1 amide bonds. The van der Waals surface area contributed by atoms with E-state index in [4.69, 9.17) is 4.74 Å². The predicted molar refractivity (Wildman–Crippen MR) is 89.2 cm³/mol. The lowest BCUT2D eigenvalue weighted by Gasteiger charge is -2.00. The molecule has 0 radical (unpaired) electrons. The van der Waals surface area contributed by atoms with Gasteiger partial charge in [-0.1, -0.05) is 36.8 Å². The Kier molecular flexibility index (Phi) is 6.09. The van der Waals surface area contributed by atoms with E-state index >= 15 is 0 Å². The molecule has 0 saturated carbocycles. The van der Waals surface area contributed by atoms with Gasteiger partial charge in [0, 0.05) is 12.5 Å². The highest BCUT2D eigenvalue weighted by Gasteiger charge is 2.05. The first kappa shape index (κ1) is 16.2. The molecule has 1 aromatic heterocycles. The Balaban J connectivity index is 1.91. The number of carbonyl (C=O) groups excluding carboxylic acids is 1. The molecule has 0 aliphatic rings. The Morgan fingerprint density at radius 2 is 2.27 bits per heavy atom. The van der Waals surface area contributed by atoms with Gasteiger partial charge in [0.05, 0.1) is 7.11 Å². The summed E-state index contributed by atoms with van der Waals surface area (Å²) in [5.41, 5.74) is 0.899. The van der Waals surface area contributed by atoms with Gasteiger partial charge in [-0.15, -0.1) is 10.2 Å². The zero-order chi connectivity index (χ0) is 15.8. The standard InChI is InChI=1S/C16H19N3O2S/c1-3-4-8-15-18-19-16(22-15)17-14(20)10-9-12-6-5-7-13(11-12)21-2/h5-7,9-11H,3-4,8H2,1-2H3,(H,17,19,20)/b10-9+. The van der Waals surface area contributed by atoms with E-state index in [1.54, 1.807) is 13.2 Å². The number of anilines is 1. The number of aryl methyl sites for hydroxylation is 1. The van der Waals surface area contributed by atoms with Gasteiger partial charge in [0.15, 0.2) is 0 Å². The maximum atomic E-state index is 11.9. The van der Waals surface area contributed by atoms with Crippen molar-refractivity contribution < 1.29 is 9.53 Å². The van der Waals surface area contributed by atoms with Gasteiger partial charge in [0.1, 0.15) is 10.8 Å². The zero-order valence-corrected chi connectivity index (χ0v) is 13.5. The molecule has 0 atom stereocenters. The number of nitrogens with one attached hydrogen (secondary N) is 1. The van der Waals surface area contributed by atoms with Gasteiger partial charge in [-0.05, 0) is 30.2 Å². The van der Waals surface area contributed by atoms with E-state index < -0.39 is 0 Å². The van der Waals surface area contributed by atoms with E-state index in [0.717, 1.165) is 35.6 Å². The van der Waals surface area contributed by atoms with Crippen LogP contribution in [0.1, 0.15) is 30.3 Å². The second-order valence-electron chi connectivity index (χ2n) is 4.70. The van der Waals surface area contributed by atoms with E-state index in [1.165, 1.54) is 17.4 Å². The summed E-state index contributed by atoms with van der Waals surface area (Å²) in [6.07, 6.45) is 6.31. The number of amides is 1. The number of benzene rings is 1. The average Bonchev–Trinajstić information content (AvgIpc) is 2.98. The number of hydrogen-bond donors (Lipinski definition) is 1. The molecule has 6 heteroatoms. The van der Waals surface area contributed by atoms with Crippen LogP contribution in [-0.4, -0.2) is 23.2 Å². The fraction of sp³-hybridized carbons (Fsp3) is 0.312. The number of rotatable bonds is 7. The molecule has 0 aliphatic carbocycles. The van der Waals surface area contributed by atoms with Crippen molar-refractivity contribution in [2.24, 2.45) is 0 Å². The van der Waals surface area contributed by atoms with Gasteiger partial charge in [-0.3, -0.25) is 10.1 Å². The molecule has 0 unspecified atom stereocenters. The summed E-state index contributed by atoms with van der Waals surface area (Å²) < 4.78 is 5.14. The van der Waals surface area contributed by atoms with Crippen molar-refractivity contribution in [3.63, 3.8) is 0 Å². The third-order valence-electron chi connectivity index (χ3n) is 2.96. The number of ether oxygens (including phenoxy) is 1. The maximum Gasteiger partial charge on any atom is 0.250 e. The van der Waals surface area contributed by atoms with Crippen LogP contribution in [0.3, 0.4) is 0 Å². The summed E-state index contributed by atoms with van der Waals surface area (Å²) in [6, 6.07) is 7.50. The quantitative estimate of drug-likeness (QED) is 0.793. The minimum absolute atomic E-state index is 0.221. The van der Waals surface area contributed by atoms with Crippen LogP contribution >= 0.6 is 11.3 Å². The molecule has 5 nitrogen and oxygen atoms in total. The maximum absolute atomic E-state index is 11.9. The Morgan fingerprint density at radius 3 is 3.05 bits per heavy atom. The third kappa shape index (κ3) is 4.96. The van der Waals surface area contributed by atoms with Gasteiger partial charge >= 0.3 is 0 Å². The van der Waals surface area contributed by atoms with Crippen molar-refractivity contribution in [2.75, 3.05) is 12.4 Å². The molecule has 116 valence electrons. The summed E-state index contributed by atoms with van der Waals surface area (Å²) in [5, 5.41) is 12.2. The number of hydrogen-bond acceptors (Lipinski definition) is 5. The minimum Gasteiger partial charge on any atom is -0.497 e. The zero-order valence-electron chi connectivity index (χ0n) is 12.7. The monoisotopic (exact) mass is 317 g/mol. The van der Waals surface area contributed by atoms with Crippen molar-refractivity contribution in [3.05, 3.63) is 40.9 Å². The van der Waals surface area contributed by atoms with Crippen LogP contribution in [-0.2, 0) is 11.2 Å². The highest BCUT2D eigenvalue weighted by Crippen LogP contribution is 2.17. The van der Waals surface area contributed by atoms with E-state index in [1.807, 2.05) is 24.3 Å². The van der Waals surface area contributed by atoms with Crippen molar-refractivity contribution in [2.45, 2.75) is 26.2 Å². The summed E-state index contributed by atoms with van der Waals surface area (Å²) in [7, 11) is 1.61. The molecule has 22 heavy (non-hydrogen) atoms. The third-order valence-corrected chi connectivity index (χ3v) is 3.86. The van der Waals surface area contributed by atoms with Gasteiger partial charge in [0.25, 0.3) is 0 Å². The van der Waals surface area contributed by atoms with Gasteiger partial charge in [0.2, 0.25) is 11.0 Å². The SMILES string of the molecule is CCCCc1nnc(NC(=O)/C=C/c2cccc(OC)c2)s1. The summed E-state index contributed by atoms with van der Waals surface area (Å²) in [4.78, 5) is 11.9. The number of methoxy groups -OCH3 is 1. The smallest absolute Gasteiger partial charge is 0.250 e. The molecule has 0 bridgehead atoms. The molecule has 2 aromatic rings. The van der Waals surface area contributed by atoms with Gasteiger partial charge in [-0.25, -0.2) is 0 Å². The first-order valence-corrected chi connectivity index (χ1v) is 7.98. The highest BCUT2D eigenvalue weighted by molar-refractivity contribution is 7.15. The number of carbonyl (C=O) groups is 1. The van der Waals surface area contributed by atoms with Gasteiger partial charge in [-0.2, -0.15) is 0 Å². The van der Waals surface area contributed by atoms with Crippen molar-refractivity contribution >= 4 is 28.5 Å². The van der Waals surface area contributed by atoms with Crippen LogP contribution in [0.25, 0.3) is 6.08 Å². The molecule has 0 aliphatic heterocycles. The van der Waals surface area contributed by atoms with Crippen LogP contribution in [0.4, 0.5) is 5.13 Å². The van der Waals surface area contributed by atoms with E-state index in [9.17, 15) is 4.79 Å². The lowest BCUT2D eigenvalue weighted by atomic mass is 10.2. The van der Waals surface area contributed by atoms with Crippen LogP contribution in [0.5, 0.6) is 5.75 Å². The Bertz CT molecular complexity index is 652. The first-order valence-electron chi connectivity index (χ1n) is 7.16. The lowest BCUT2D eigenvalue weighted by Crippen LogP contribution is -2.07. The van der Waals surface area contributed by atoms with Crippen LogP contribution in [0.15, 0.2) is 30.3 Å². The van der Waals surface area contributed by atoms with Crippen LogP contribution in [0, 0.1) is 0 Å². The Morgan fingerprint density at radius 1 is 1.41 bits per heavy atom. The lowest BCUT2D eigenvalue weighted by molar-refractivity contribution is -0.111. The summed E-state index contributed by atoms with van der Waals surface area (Å²) >= 11 is 1.42. The normalized spacial score (nSPS) is 10.8. The minimum atomic E-state index is -0.221. The molecular weight excluding hydrogens is 298 g/mol. The van der Waals surface area contributed by atoms with Crippen molar-refractivity contribution in [1.29, 1.82) is 0 Å². The summed E-state index contributed by atoms with van der Waals surface area (Å²) in [5.74, 6) is 0.535. The fourth-order valence-electron chi connectivity index (χ4n) is 1.80. The molecule has 2 rings (SSSR count). The molecule has 1 aromatic carbocycles. The van der Waals surface area contributed by atoms with Crippen LogP contribution < -0.4 is 10.1 Å². The molecule has 0 fully saturated rings. The Labute approximate surface area is 134 Å². The second-order valence-corrected chi connectivity index (χ2v) is 5.77. The number of nitrogens with zero attached hydrogens (tertiary/aromatic N) is 2. The van der Waals surface area contributed by atoms with Crippen molar-refractivity contribution in [3.8, 4) is 5.75 Å². The van der Waals surface area contributed by atoms with Crippen LogP contribution in [0.2, 0.25) is 0 Å². The first-order chi connectivity index (χ1) is 10.7. The Hall–Kier alpha value is -2.21.